The fourth-order valence-corrected chi connectivity index (χ4v) is 6.18. The van der Waals surface area contributed by atoms with Crippen molar-refractivity contribution in [1.82, 2.24) is 10.2 Å². The highest BCUT2D eigenvalue weighted by Crippen LogP contribution is 2.41. The molecule has 3 aromatic carbocycles. The lowest BCUT2D eigenvalue weighted by atomic mass is 9.80. The van der Waals surface area contributed by atoms with E-state index in [4.69, 9.17) is 18.9 Å². The molecule has 2 atom stereocenters. The minimum Gasteiger partial charge on any atom is -0.497 e. The van der Waals surface area contributed by atoms with Crippen LogP contribution in [0.4, 0.5) is 0 Å². The van der Waals surface area contributed by atoms with E-state index in [1.807, 2.05) is 42.5 Å². The Morgan fingerprint density at radius 1 is 0.795 bits per heavy atom. The number of unbranched alkanes of at least 4 members (excludes halogenated alkanes) is 5. The van der Waals surface area contributed by atoms with Crippen molar-refractivity contribution in [2.24, 2.45) is 0 Å². The number of amides is 1. The lowest BCUT2D eigenvalue weighted by molar-refractivity contribution is -0.125. The fraction of sp³-hybridized carbons (Fsp3) is 0.486. The van der Waals surface area contributed by atoms with Gasteiger partial charge in [-0.3, -0.25) is 9.69 Å². The molecule has 1 aliphatic rings. The molecule has 7 heteroatoms. The van der Waals surface area contributed by atoms with Crippen molar-refractivity contribution < 1.29 is 23.7 Å². The summed E-state index contributed by atoms with van der Waals surface area (Å²) >= 11 is 0. The van der Waals surface area contributed by atoms with Gasteiger partial charge in [-0.2, -0.15) is 0 Å². The van der Waals surface area contributed by atoms with Crippen LogP contribution in [0.15, 0.2) is 78.9 Å². The molecule has 1 unspecified atom stereocenters. The molecule has 1 amide bonds. The minimum absolute atomic E-state index is 0.0156. The van der Waals surface area contributed by atoms with Gasteiger partial charge in [0, 0.05) is 26.7 Å². The van der Waals surface area contributed by atoms with Crippen molar-refractivity contribution in [3.63, 3.8) is 0 Å². The first-order valence-electron chi connectivity index (χ1n) is 16.1. The molecule has 1 saturated heterocycles. The first kappa shape index (κ1) is 33.5. The number of methoxy groups -OCH3 is 3. The molecule has 0 aliphatic carbocycles. The van der Waals surface area contributed by atoms with Crippen LogP contribution in [0.2, 0.25) is 0 Å². The molecule has 3 aromatic rings. The van der Waals surface area contributed by atoms with Crippen LogP contribution in [0, 0.1) is 0 Å². The Morgan fingerprint density at radius 3 is 1.93 bits per heavy atom. The highest BCUT2D eigenvalue weighted by atomic mass is 16.5. The number of carbonyl (C=O) groups is 1. The zero-order valence-corrected chi connectivity index (χ0v) is 26.9. The lowest BCUT2D eigenvalue weighted by Gasteiger charge is -2.37. The van der Waals surface area contributed by atoms with Crippen molar-refractivity contribution in [3.05, 3.63) is 95.6 Å². The Hall–Kier alpha value is -3.39. The van der Waals surface area contributed by atoms with E-state index in [1.165, 1.54) is 25.7 Å². The smallest absolute Gasteiger partial charge is 0.237 e. The Labute approximate surface area is 263 Å². The number of nitrogens with zero attached hydrogens (tertiary/aromatic N) is 1. The second-order valence-electron chi connectivity index (χ2n) is 11.5. The summed E-state index contributed by atoms with van der Waals surface area (Å²) in [7, 11) is 5.07. The monoisotopic (exact) mass is 602 g/mol. The van der Waals surface area contributed by atoms with Crippen molar-refractivity contribution in [2.45, 2.75) is 69.6 Å². The van der Waals surface area contributed by atoms with Gasteiger partial charge in [-0.05, 0) is 53.8 Å². The third-order valence-corrected chi connectivity index (χ3v) is 8.70. The van der Waals surface area contributed by atoms with Crippen molar-refractivity contribution in [3.8, 4) is 11.5 Å². The van der Waals surface area contributed by atoms with Crippen LogP contribution in [0.1, 0.15) is 68.6 Å². The van der Waals surface area contributed by atoms with Crippen molar-refractivity contribution in [1.29, 1.82) is 0 Å². The second kappa shape index (κ2) is 17.2. The Morgan fingerprint density at radius 2 is 1.36 bits per heavy atom. The van der Waals surface area contributed by atoms with E-state index in [1.54, 1.807) is 21.3 Å². The van der Waals surface area contributed by atoms with E-state index in [-0.39, 0.29) is 18.1 Å². The summed E-state index contributed by atoms with van der Waals surface area (Å²) in [4.78, 5) is 15.5. The molecule has 0 aromatic heterocycles. The number of nitrogens with one attached hydrogen (secondary N) is 1. The van der Waals surface area contributed by atoms with Gasteiger partial charge in [0.1, 0.15) is 17.1 Å². The first-order chi connectivity index (χ1) is 21.5. The van der Waals surface area contributed by atoms with Gasteiger partial charge in [0.15, 0.2) is 0 Å². The average molecular weight is 603 g/mol. The largest absolute Gasteiger partial charge is 0.497 e. The summed E-state index contributed by atoms with van der Waals surface area (Å²) in [6.07, 6.45) is 7.89. The Kier molecular flexibility index (Phi) is 13.1. The number of rotatable bonds is 18. The van der Waals surface area contributed by atoms with E-state index in [9.17, 15) is 4.79 Å². The van der Waals surface area contributed by atoms with Gasteiger partial charge >= 0.3 is 0 Å². The normalized spacial score (nSPS) is 17.0. The molecule has 4 rings (SSSR count). The van der Waals surface area contributed by atoms with Gasteiger partial charge in [0.05, 0.1) is 33.0 Å². The summed E-state index contributed by atoms with van der Waals surface area (Å²) in [6.45, 7) is 4.64. The van der Waals surface area contributed by atoms with Crippen LogP contribution in [0.25, 0.3) is 0 Å². The zero-order chi connectivity index (χ0) is 31.2. The molecule has 1 aliphatic heterocycles. The predicted octanol–water partition coefficient (Wildman–Crippen LogP) is 6.58. The van der Waals surface area contributed by atoms with Crippen LogP contribution in [0.3, 0.4) is 0 Å². The second-order valence-corrected chi connectivity index (χ2v) is 11.5. The molecule has 1 heterocycles. The minimum atomic E-state index is -0.893. The fourth-order valence-electron chi connectivity index (χ4n) is 6.18. The van der Waals surface area contributed by atoms with E-state index < -0.39 is 5.60 Å². The van der Waals surface area contributed by atoms with E-state index in [0.29, 0.717) is 26.1 Å². The number of carbonyl (C=O) groups excluding carboxylic acids is 1. The van der Waals surface area contributed by atoms with Crippen LogP contribution in [-0.2, 0) is 19.9 Å². The molecular weight excluding hydrogens is 552 g/mol. The summed E-state index contributed by atoms with van der Waals surface area (Å²) in [6, 6.07) is 26.2. The van der Waals surface area contributed by atoms with Crippen LogP contribution >= 0.6 is 0 Å². The van der Waals surface area contributed by atoms with Gasteiger partial charge in [0.25, 0.3) is 0 Å². The van der Waals surface area contributed by atoms with Gasteiger partial charge in [-0.15, -0.1) is 0 Å². The summed E-state index contributed by atoms with van der Waals surface area (Å²) < 4.78 is 23.7. The molecule has 44 heavy (non-hydrogen) atoms. The maximum Gasteiger partial charge on any atom is 0.237 e. The summed E-state index contributed by atoms with van der Waals surface area (Å²) in [5.41, 5.74) is 2.09. The van der Waals surface area contributed by atoms with Crippen LogP contribution < -0.4 is 14.8 Å². The molecule has 0 saturated carbocycles. The quantitative estimate of drug-likeness (QED) is 0.131. The topological polar surface area (TPSA) is 69.3 Å². The van der Waals surface area contributed by atoms with Crippen LogP contribution in [0.5, 0.6) is 11.5 Å². The maximum atomic E-state index is 13.3. The van der Waals surface area contributed by atoms with E-state index >= 15 is 0 Å². The standard InChI is InChI=1S/C37H50N2O5/c1-5-6-7-8-9-13-24-38-36(40)35-27-34(43-4)28-39(35)25-26-44-37(29-14-11-10-12-15-29,30-16-20-32(41-2)21-17-30)31-18-22-33(42-3)23-19-31/h10-12,14-23,34-35H,5-9,13,24-28H2,1-4H3,(H,38,40)/t34?,35-/m0/s1. The van der Waals surface area contributed by atoms with Gasteiger partial charge in [-0.1, -0.05) is 93.6 Å². The molecular formula is C37H50N2O5. The lowest BCUT2D eigenvalue weighted by Crippen LogP contribution is -2.45. The Bertz CT molecular complexity index is 1200. The van der Waals surface area contributed by atoms with Crippen molar-refractivity contribution >= 4 is 5.91 Å². The average Bonchev–Trinajstić information content (AvgIpc) is 3.50. The van der Waals surface area contributed by atoms with Gasteiger partial charge in [0.2, 0.25) is 5.91 Å². The van der Waals surface area contributed by atoms with Gasteiger partial charge in [-0.25, -0.2) is 0 Å². The first-order valence-corrected chi connectivity index (χ1v) is 16.1. The third kappa shape index (κ3) is 8.40. The predicted molar refractivity (Wildman–Crippen MR) is 175 cm³/mol. The summed E-state index contributed by atoms with van der Waals surface area (Å²) in [5, 5.41) is 3.20. The maximum absolute atomic E-state index is 13.3. The molecule has 0 bridgehead atoms. The number of hydrogen-bond donors (Lipinski definition) is 1. The summed E-state index contributed by atoms with van der Waals surface area (Å²) in [5.74, 6) is 1.64. The van der Waals surface area contributed by atoms with E-state index in [2.05, 4.69) is 53.5 Å². The Balaban J connectivity index is 1.54. The molecule has 7 nitrogen and oxygen atoms in total. The van der Waals surface area contributed by atoms with Crippen molar-refractivity contribution in [2.75, 3.05) is 47.6 Å². The highest BCUT2D eigenvalue weighted by molar-refractivity contribution is 5.82. The molecule has 1 fully saturated rings. The molecule has 0 radical (unpaired) electrons. The SMILES string of the molecule is CCCCCCCCNC(=O)[C@@H]1CC(OC)CN1CCOC(c1ccccc1)(c1ccc(OC)cc1)c1ccc(OC)cc1. The van der Waals surface area contributed by atoms with E-state index in [0.717, 1.165) is 47.6 Å². The van der Waals surface area contributed by atoms with Gasteiger partial charge < -0.3 is 24.3 Å². The third-order valence-electron chi connectivity index (χ3n) is 8.70. The molecule has 238 valence electrons. The number of hydrogen-bond acceptors (Lipinski definition) is 6. The number of likely N-dealkylation sites (tertiary alicyclic amines) is 1. The number of ether oxygens (including phenoxy) is 4. The molecule has 0 spiro atoms. The molecule has 1 N–H and O–H groups in total. The van der Waals surface area contributed by atoms with Crippen LogP contribution in [-0.4, -0.2) is 70.5 Å². The number of benzene rings is 3. The zero-order valence-electron chi connectivity index (χ0n) is 26.9. The highest BCUT2D eigenvalue weighted by Gasteiger charge is 2.40.